The van der Waals surface area contributed by atoms with Crippen molar-refractivity contribution >= 4 is 17.4 Å². The fourth-order valence-corrected chi connectivity index (χ4v) is 2.83. The lowest BCUT2D eigenvalue weighted by molar-refractivity contribution is -0.276. The van der Waals surface area contributed by atoms with E-state index in [9.17, 15) is 4.79 Å². The fourth-order valence-electron chi connectivity index (χ4n) is 2.71. The molecule has 1 fully saturated rings. The molecule has 0 N–H and O–H groups in total. The van der Waals surface area contributed by atoms with Gasteiger partial charge in [-0.05, 0) is 62.4 Å². The molecule has 1 unspecified atom stereocenters. The summed E-state index contributed by atoms with van der Waals surface area (Å²) in [5.74, 6) is 0.0968. The van der Waals surface area contributed by atoms with E-state index in [2.05, 4.69) is 0 Å². The van der Waals surface area contributed by atoms with Crippen molar-refractivity contribution in [3.05, 3.63) is 64.7 Å². The Morgan fingerprint density at radius 3 is 2.32 bits per heavy atom. The molecule has 0 aromatic heterocycles. The van der Waals surface area contributed by atoms with E-state index < -0.39 is 5.79 Å². The van der Waals surface area contributed by atoms with Crippen molar-refractivity contribution in [1.29, 1.82) is 0 Å². The van der Waals surface area contributed by atoms with Gasteiger partial charge in [-0.1, -0.05) is 11.6 Å². The van der Waals surface area contributed by atoms with Crippen LogP contribution >= 0.6 is 11.6 Å². The molecule has 0 bridgehead atoms. The monoisotopic (exact) mass is 360 g/mol. The average Bonchev–Trinajstić information content (AvgIpc) is 2.60. The van der Waals surface area contributed by atoms with Gasteiger partial charge in [0.25, 0.3) is 0 Å². The Kier molecular flexibility index (Phi) is 5.42. The van der Waals surface area contributed by atoms with Crippen LogP contribution < -0.4 is 4.74 Å². The van der Waals surface area contributed by atoms with Crippen molar-refractivity contribution in [2.75, 3.05) is 13.2 Å². The van der Waals surface area contributed by atoms with Gasteiger partial charge in [-0.3, -0.25) is 4.79 Å². The summed E-state index contributed by atoms with van der Waals surface area (Å²) in [6.45, 7) is 4.92. The first-order chi connectivity index (χ1) is 11.9. The van der Waals surface area contributed by atoms with Crippen molar-refractivity contribution in [3.8, 4) is 5.75 Å². The quantitative estimate of drug-likeness (QED) is 0.737. The number of hydrogen-bond acceptors (Lipinski definition) is 4. The van der Waals surface area contributed by atoms with Crippen LogP contribution in [0.15, 0.2) is 48.5 Å². The number of benzene rings is 2. The molecule has 4 nitrogen and oxygen atoms in total. The van der Waals surface area contributed by atoms with Crippen LogP contribution in [0.25, 0.3) is 0 Å². The van der Waals surface area contributed by atoms with Crippen LogP contribution in [-0.2, 0) is 9.47 Å². The first kappa shape index (κ1) is 17.9. The van der Waals surface area contributed by atoms with Crippen LogP contribution in [0.4, 0.5) is 0 Å². The second-order valence-electron chi connectivity index (χ2n) is 6.45. The summed E-state index contributed by atoms with van der Waals surface area (Å²) in [5.41, 5.74) is 1.22. The summed E-state index contributed by atoms with van der Waals surface area (Å²) in [7, 11) is 0. The predicted molar refractivity (Wildman–Crippen MR) is 96.3 cm³/mol. The molecule has 1 aliphatic rings. The van der Waals surface area contributed by atoms with Gasteiger partial charge in [0.05, 0.1) is 12.7 Å². The largest absolute Gasteiger partial charge is 0.491 e. The highest BCUT2D eigenvalue weighted by Crippen LogP contribution is 2.23. The number of hydrogen-bond donors (Lipinski definition) is 0. The molecular weight excluding hydrogens is 340 g/mol. The summed E-state index contributed by atoms with van der Waals surface area (Å²) < 4.78 is 17.1. The molecule has 0 saturated carbocycles. The molecule has 0 aliphatic carbocycles. The molecule has 132 valence electrons. The van der Waals surface area contributed by atoms with Crippen molar-refractivity contribution in [1.82, 2.24) is 0 Å². The molecular formula is C20H21ClO4. The highest BCUT2D eigenvalue weighted by atomic mass is 35.5. The smallest absolute Gasteiger partial charge is 0.193 e. The number of carbonyl (C=O) groups is 1. The molecule has 2 aromatic rings. The normalized spacial score (nSPS) is 19.4. The molecule has 0 amide bonds. The van der Waals surface area contributed by atoms with Gasteiger partial charge in [-0.25, -0.2) is 0 Å². The Balaban J connectivity index is 1.58. The fraction of sp³-hybridized carbons (Fsp3) is 0.350. The van der Waals surface area contributed by atoms with Gasteiger partial charge in [-0.2, -0.15) is 0 Å². The molecule has 1 aliphatic heterocycles. The van der Waals surface area contributed by atoms with Crippen molar-refractivity contribution in [2.24, 2.45) is 0 Å². The highest BCUT2D eigenvalue weighted by molar-refractivity contribution is 6.30. The lowest BCUT2D eigenvalue weighted by atomic mass is 10.0. The van der Waals surface area contributed by atoms with Gasteiger partial charge in [0.2, 0.25) is 0 Å². The summed E-state index contributed by atoms with van der Waals surface area (Å²) in [6, 6.07) is 14.0. The third kappa shape index (κ3) is 4.82. The molecule has 5 heteroatoms. The Hall–Kier alpha value is -1.88. The van der Waals surface area contributed by atoms with E-state index in [-0.39, 0.29) is 11.9 Å². The van der Waals surface area contributed by atoms with E-state index in [1.54, 1.807) is 48.5 Å². The third-order valence-electron chi connectivity index (χ3n) is 4.00. The van der Waals surface area contributed by atoms with E-state index >= 15 is 0 Å². The maximum atomic E-state index is 12.4. The number of carbonyl (C=O) groups excluding carboxylic acids is 1. The number of rotatable bonds is 5. The minimum atomic E-state index is -0.568. The van der Waals surface area contributed by atoms with Gasteiger partial charge in [0.15, 0.2) is 11.6 Å². The Bertz CT molecular complexity index is 722. The van der Waals surface area contributed by atoms with E-state index in [1.165, 1.54) is 0 Å². The van der Waals surface area contributed by atoms with Crippen LogP contribution in [0, 0.1) is 0 Å². The topological polar surface area (TPSA) is 44.8 Å². The van der Waals surface area contributed by atoms with Gasteiger partial charge >= 0.3 is 0 Å². The molecule has 3 rings (SSSR count). The minimum absolute atomic E-state index is 0.000809. The van der Waals surface area contributed by atoms with Crippen molar-refractivity contribution < 1.29 is 19.0 Å². The zero-order valence-corrected chi connectivity index (χ0v) is 15.1. The van der Waals surface area contributed by atoms with E-state index in [1.807, 2.05) is 13.8 Å². The molecule has 1 heterocycles. The van der Waals surface area contributed by atoms with E-state index in [4.69, 9.17) is 25.8 Å². The first-order valence-electron chi connectivity index (χ1n) is 8.28. The third-order valence-corrected chi connectivity index (χ3v) is 4.25. The second-order valence-corrected chi connectivity index (χ2v) is 6.88. The van der Waals surface area contributed by atoms with Crippen LogP contribution in [0.3, 0.4) is 0 Å². The number of ether oxygens (including phenoxy) is 3. The van der Waals surface area contributed by atoms with Crippen molar-refractivity contribution in [2.45, 2.75) is 32.2 Å². The van der Waals surface area contributed by atoms with E-state index in [0.717, 1.165) is 6.42 Å². The predicted octanol–water partition coefficient (Wildman–Crippen LogP) is 4.49. The Morgan fingerprint density at radius 2 is 1.72 bits per heavy atom. The average molecular weight is 361 g/mol. The first-order valence-corrected chi connectivity index (χ1v) is 8.66. The molecule has 1 saturated heterocycles. The molecule has 0 spiro atoms. The van der Waals surface area contributed by atoms with Gasteiger partial charge in [-0.15, -0.1) is 0 Å². The van der Waals surface area contributed by atoms with E-state index in [0.29, 0.717) is 35.1 Å². The zero-order chi connectivity index (χ0) is 17.9. The van der Waals surface area contributed by atoms with Gasteiger partial charge in [0.1, 0.15) is 12.4 Å². The SMILES string of the molecule is CC1(C)OCCC(COc2ccc(C(=O)c3ccc(Cl)cc3)cc2)O1. The number of ketones is 1. The number of halogens is 1. The van der Waals surface area contributed by atoms with Gasteiger partial charge < -0.3 is 14.2 Å². The maximum absolute atomic E-state index is 12.4. The Labute approximate surface area is 152 Å². The summed E-state index contributed by atoms with van der Waals surface area (Å²) >= 11 is 5.85. The van der Waals surface area contributed by atoms with Gasteiger partial charge in [0, 0.05) is 22.6 Å². The maximum Gasteiger partial charge on any atom is 0.193 e. The summed E-state index contributed by atoms with van der Waals surface area (Å²) in [4.78, 5) is 12.4. The zero-order valence-electron chi connectivity index (χ0n) is 14.3. The standard InChI is InChI=1S/C20H21ClO4/c1-20(2)24-12-11-18(25-20)13-23-17-9-5-15(6-10-17)19(22)14-3-7-16(21)8-4-14/h3-10,18H,11-13H2,1-2H3. The van der Waals surface area contributed by atoms with Crippen LogP contribution in [-0.4, -0.2) is 30.9 Å². The summed E-state index contributed by atoms with van der Waals surface area (Å²) in [6.07, 6.45) is 0.801. The van der Waals surface area contributed by atoms with Crippen molar-refractivity contribution in [3.63, 3.8) is 0 Å². The lowest BCUT2D eigenvalue weighted by Gasteiger charge is -2.35. The summed E-state index contributed by atoms with van der Waals surface area (Å²) in [5, 5.41) is 0.610. The molecule has 1 atom stereocenters. The highest BCUT2D eigenvalue weighted by Gasteiger charge is 2.29. The van der Waals surface area contributed by atoms with Crippen LogP contribution in [0.2, 0.25) is 5.02 Å². The minimum Gasteiger partial charge on any atom is -0.491 e. The van der Waals surface area contributed by atoms with Crippen LogP contribution in [0.1, 0.15) is 36.2 Å². The molecule has 25 heavy (non-hydrogen) atoms. The lowest BCUT2D eigenvalue weighted by Crippen LogP contribution is -2.42. The molecule has 0 radical (unpaired) electrons. The second kappa shape index (κ2) is 7.56. The molecule has 2 aromatic carbocycles. The Morgan fingerprint density at radius 1 is 1.12 bits per heavy atom. The van der Waals surface area contributed by atoms with Crippen LogP contribution in [0.5, 0.6) is 5.75 Å².